The Balaban J connectivity index is 1.66. The molecule has 0 aliphatic heterocycles. The third kappa shape index (κ3) is 7.40. The van der Waals surface area contributed by atoms with Crippen LogP contribution in [-0.2, 0) is 19.5 Å². The second-order valence-corrected chi connectivity index (χ2v) is 13.3. The topological polar surface area (TPSA) is 145 Å². The summed E-state index contributed by atoms with van der Waals surface area (Å²) in [6.45, 7) is 0.692. The molecule has 16 heteroatoms. The van der Waals surface area contributed by atoms with Crippen molar-refractivity contribution in [3.63, 3.8) is 0 Å². The van der Waals surface area contributed by atoms with Crippen molar-refractivity contribution < 1.29 is 27.6 Å². The lowest BCUT2D eigenvalue weighted by molar-refractivity contribution is -0.380. The molecule has 0 atom stereocenters. The van der Waals surface area contributed by atoms with E-state index in [4.69, 9.17) is 9.47 Å². The normalized spacial score (nSPS) is 12.0. The van der Waals surface area contributed by atoms with E-state index in [1.807, 2.05) is 12.1 Å². The fourth-order valence-corrected chi connectivity index (χ4v) is 7.14. The first-order valence-corrected chi connectivity index (χ1v) is 15.8. The number of anilines is 1. The Bertz CT molecular complexity index is 1660. The molecule has 216 valence electrons. The first-order chi connectivity index (χ1) is 19.6. The summed E-state index contributed by atoms with van der Waals surface area (Å²) in [6.07, 6.45) is 1.35. The molecule has 0 fully saturated rings. The third-order valence-corrected chi connectivity index (χ3v) is 10.0. The van der Waals surface area contributed by atoms with Gasteiger partial charge in [0, 0.05) is 43.4 Å². The van der Waals surface area contributed by atoms with Crippen molar-refractivity contribution in [3.8, 4) is 0 Å². The molecule has 0 radical (unpaired) electrons. The fourth-order valence-electron chi connectivity index (χ4n) is 3.57. The summed E-state index contributed by atoms with van der Waals surface area (Å²) in [4.78, 5) is 29.3. The van der Waals surface area contributed by atoms with E-state index in [9.17, 15) is 23.3 Å². The summed E-state index contributed by atoms with van der Waals surface area (Å²) in [5.41, 5.74) is 0.820. The van der Waals surface area contributed by atoms with E-state index in [0.717, 1.165) is 25.5 Å². The molecule has 0 aliphatic rings. The average molecular weight is 683 g/mol. The van der Waals surface area contributed by atoms with Crippen LogP contribution in [0.4, 0.5) is 10.1 Å². The molecular formula is C25H24BrN5O7S3. The number of halogens is 1. The van der Waals surface area contributed by atoms with E-state index < -0.39 is 20.9 Å². The predicted molar refractivity (Wildman–Crippen MR) is 162 cm³/mol. The Kier molecular flexibility index (Phi) is 10.3. The number of hydrogen-bond donors (Lipinski definition) is 0. The van der Waals surface area contributed by atoms with Gasteiger partial charge in [-0.2, -0.15) is 14.4 Å². The number of nitrogens with zero attached hydrogens (tertiary/aromatic N) is 5. The highest BCUT2D eigenvalue weighted by Gasteiger charge is 2.26. The van der Waals surface area contributed by atoms with E-state index in [0.29, 0.717) is 10.4 Å². The Hall–Kier alpha value is -3.12. The Labute approximate surface area is 252 Å². The molecular weight excluding hydrogens is 658 g/mol. The van der Waals surface area contributed by atoms with Gasteiger partial charge in [-0.3, -0.25) is 14.9 Å². The van der Waals surface area contributed by atoms with Crippen LogP contribution in [0.15, 0.2) is 69.1 Å². The first kappa shape index (κ1) is 30.8. The lowest BCUT2D eigenvalue weighted by Crippen LogP contribution is -2.36. The van der Waals surface area contributed by atoms with Gasteiger partial charge in [0.1, 0.15) is 0 Å². The standard InChI is InChI=1S/C25H24BrN5O7S3/c1-37-13-11-29(12-14-38-2)41(35,36)20-7-3-17(4-8-20)24(32)30(27-16-19-6-10-23(39-19)31(33)34)25-28-21-9-5-18(26)15-22(21)40-25/h3-10,15-16H,11-14H2,1-2H3/b27-16+. The van der Waals surface area contributed by atoms with Gasteiger partial charge in [-0.05, 0) is 48.5 Å². The summed E-state index contributed by atoms with van der Waals surface area (Å²) in [5.74, 6) is -0.565. The maximum Gasteiger partial charge on any atom is 0.324 e. The minimum absolute atomic E-state index is 0.00652. The summed E-state index contributed by atoms with van der Waals surface area (Å²) in [6, 6.07) is 13.9. The zero-order valence-electron chi connectivity index (χ0n) is 21.8. The largest absolute Gasteiger partial charge is 0.383 e. The van der Waals surface area contributed by atoms with Gasteiger partial charge in [-0.25, -0.2) is 13.4 Å². The SMILES string of the molecule is COCCN(CCOC)S(=O)(=O)c1ccc(C(=O)N(/N=C/c2ccc([N+](=O)[O-])s2)c2nc3ccc(Br)cc3s2)cc1. The quantitative estimate of drug-likeness (QED) is 0.109. The van der Waals surface area contributed by atoms with Crippen LogP contribution in [0, 0.1) is 10.1 Å². The number of amides is 1. The van der Waals surface area contributed by atoms with Gasteiger partial charge in [-0.1, -0.05) is 38.6 Å². The van der Waals surface area contributed by atoms with Crippen LogP contribution in [0.2, 0.25) is 0 Å². The van der Waals surface area contributed by atoms with Gasteiger partial charge >= 0.3 is 5.00 Å². The number of thiazole rings is 1. The molecule has 0 N–H and O–H groups in total. The molecule has 2 aromatic carbocycles. The van der Waals surface area contributed by atoms with E-state index >= 15 is 0 Å². The van der Waals surface area contributed by atoms with Crippen LogP contribution >= 0.6 is 38.6 Å². The van der Waals surface area contributed by atoms with E-state index in [1.165, 1.54) is 72.5 Å². The van der Waals surface area contributed by atoms with Gasteiger partial charge in [0.05, 0.1) is 44.3 Å². The second kappa shape index (κ2) is 13.7. The van der Waals surface area contributed by atoms with Gasteiger partial charge in [0.15, 0.2) is 0 Å². The number of carbonyl (C=O) groups is 1. The molecule has 0 spiro atoms. The third-order valence-electron chi connectivity index (χ3n) is 5.63. The molecule has 0 bridgehead atoms. The zero-order valence-corrected chi connectivity index (χ0v) is 25.8. The molecule has 12 nitrogen and oxygen atoms in total. The molecule has 4 aromatic rings. The number of aromatic nitrogens is 1. The second-order valence-electron chi connectivity index (χ2n) is 8.32. The number of thiophene rings is 1. The highest BCUT2D eigenvalue weighted by atomic mass is 79.9. The van der Waals surface area contributed by atoms with Crippen molar-refractivity contribution in [2.45, 2.75) is 4.90 Å². The maximum absolute atomic E-state index is 13.7. The van der Waals surface area contributed by atoms with E-state index in [-0.39, 0.29) is 46.9 Å². The van der Waals surface area contributed by atoms with Crippen LogP contribution in [0.3, 0.4) is 0 Å². The number of sulfonamides is 1. The molecule has 41 heavy (non-hydrogen) atoms. The molecule has 2 aromatic heterocycles. The van der Waals surface area contributed by atoms with Crippen LogP contribution in [0.1, 0.15) is 15.2 Å². The van der Waals surface area contributed by atoms with E-state index in [1.54, 1.807) is 6.07 Å². The number of rotatable bonds is 13. The van der Waals surface area contributed by atoms with Gasteiger partial charge in [0.25, 0.3) is 5.91 Å². The van der Waals surface area contributed by atoms with Crippen molar-refractivity contribution in [2.24, 2.45) is 5.10 Å². The molecule has 4 rings (SSSR count). The fraction of sp³-hybridized carbons (Fsp3) is 0.240. The number of nitro groups is 1. The molecule has 0 aliphatic carbocycles. The summed E-state index contributed by atoms with van der Waals surface area (Å²) < 4.78 is 39.5. The number of carbonyl (C=O) groups excluding carboxylic acids is 1. The zero-order chi connectivity index (χ0) is 29.6. The number of hydrogen-bond acceptors (Lipinski definition) is 11. The van der Waals surface area contributed by atoms with Crippen molar-refractivity contribution in [2.75, 3.05) is 45.5 Å². The number of hydrazone groups is 1. The summed E-state index contributed by atoms with van der Waals surface area (Å²) in [5, 5.41) is 16.7. The summed E-state index contributed by atoms with van der Waals surface area (Å²) in [7, 11) is -0.911. The highest BCUT2D eigenvalue weighted by molar-refractivity contribution is 9.10. The van der Waals surface area contributed by atoms with Crippen molar-refractivity contribution in [1.29, 1.82) is 0 Å². The van der Waals surface area contributed by atoms with E-state index in [2.05, 4.69) is 26.0 Å². The maximum atomic E-state index is 13.7. The minimum Gasteiger partial charge on any atom is -0.383 e. The van der Waals surface area contributed by atoms with Gasteiger partial charge in [0.2, 0.25) is 15.2 Å². The van der Waals surface area contributed by atoms with Gasteiger partial charge in [-0.15, -0.1) is 0 Å². The average Bonchev–Trinajstić information content (AvgIpc) is 3.60. The number of benzene rings is 2. The molecule has 2 heterocycles. The molecule has 0 saturated carbocycles. The van der Waals surface area contributed by atoms with Crippen LogP contribution in [-0.4, -0.2) is 75.3 Å². The van der Waals surface area contributed by atoms with Crippen molar-refractivity contribution in [1.82, 2.24) is 9.29 Å². The van der Waals surface area contributed by atoms with Crippen LogP contribution in [0.25, 0.3) is 10.2 Å². The minimum atomic E-state index is -3.88. The number of ether oxygens (including phenoxy) is 2. The monoisotopic (exact) mass is 681 g/mol. The highest BCUT2D eigenvalue weighted by Crippen LogP contribution is 2.32. The molecule has 0 unspecified atom stereocenters. The summed E-state index contributed by atoms with van der Waals surface area (Å²) >= 11 is 5.57. The predicted octanol–water partition coefficient (Wildman–Crippen LogP) is 4.99. The lowest BCUT2D eigenvalue weighted by atomic mass is 10.2. The Morgan fingerprint density at radius 2 is 1.76 bits per heavy atom. The Morgan fingerprint density at radius 1 is 1.07 bits per heavy atom. The first-order valence-electron chi connectivity index (χ1n) is 11.9. The smallest absolute Gasteiger partial charge is 0.324 e. The van der Waals surface area contributed by atoms with Crippen LogP contribution < -0.4 is 5.01 Å². The van der Waals surface area contributed by atoms with Gasteiger partial charge < -0.3 is 9.47 Å². The Morgan fingerprint density at radius 3 is 2.37 bits per heavy atom. The molecule has 1 amide bonds. The van der Waals surface area contributed by atoms with Crippen molar-refractivity contribution in [3.05, 3.63) is 79.6 Å². The van der Waals surface area contributed by atoms with Crippen molar-refractivity contribution >= 4 is 81.1 Å². The van der Waals surface area contributed by atoms with Crippen LogP contribution in [0.5, 0.6) is 0 Å². The lowest BCUT2D eigenvalue weighted by Gasteiger charge is -2.21. The number of fused-ring (bicyclic) bond motifs is 1. The number of methoxy groups -OCH3 is 2. The molecule has 0 saturated heterocycles.